The predicted molar refractivity (Wildman–Crippen MR) is 295 cm³/mol. The van der Waals surface area contributed by atoms with E-state index < -0.39 is 20.2 Å². The Morgan fingerprint density at radius 2 is 0.522 bits per heavy atom. The van der Waals surface area contributed by atoms with Crippen molar-refractivity contribution in [3.8, 4) is 0 Å². The van der Waals surface area contributed by atoms with Crippen molar-refractivity contribution in [1.82, 2.24) is 0 Å². The molecular formula is C60H94CaO6S2. The summed E-state index contributed by atoms with van der Waals surface area (Å²) in [6.07, 6.45) is 42.7. The average molecular weight is 1020 g/mol. The van der Waals surface area contributed by atoms with Crippen LogP contribution in [-0.2, 0) is 45.9 Å². The molecule has 0 amide bonds. The predicted octanol–water partition coefficient (Wildman–Crippen LogP) is 17.8. The van der Waals surface area contributed by atoms with Gasteiger partial charge in [0, 0.05) is 0 Å². The molecule has 0 saturated heterocycles. The van der Waals surface area contributed by atoms with Crippen LogP contribution in [0.15, 0.2) is 70.5 Å². The van der Waals surface area contributed by atoms with Crippen molar-refractivity contribution < 1.29 is 25.9 Å². The van der Waals surface area contributed by atoms with Crippen molar-refractivity contribution in [2.75, 3.05) is 0 Å². The van der Waals surface area contributed by atoms with Crippen LogP contribution in [0.4, 0.5) is 0 Å². The molecule has 4 aromatic carbocycles. The second kappa shape index (κ2) is 38.1. The fourth-order valence-electron chi connectivity index (χ4n) is 10.1. The van der Waals surface area contributed by atoms with E-state index in [1.807, 2.05) is 48.5 Å². The Kier molecular flexibility index (Phi) is 35.1. The largest absolute Gasteiger partial charge is 2.00 e. The van der Waals surface area contributed by atoms with Gasteiger partial charge in [0.15, 0.2) is 0 Å². The first-order valence-electron chi connectivity index (χ1n) is 28.0. The average Bonchev–Trinajstić information content (AvgIpc) is 3.31. The van der Waals surface area contributed by atoms with Crippen molar-refractivity contribution in [2.24, 2.45) is 0 Å². The Bertz CT molecular complexity index is 2030. The minimum absolute atomic E-state index is 0. The molecule has 0 saturated carbocycles. The summed E-state index contributed by atoms with van der Waals surface area (Å²) in [5.41, 5.74) is 3.70. The summed E-state index contributed by atoms with van der Waals surface area (Å²) in [4.78, 5) is 0.0384. The van der Waals surface area contributed by atoms with Gasteiger partial charge >= 0.3 is 37.7 Å². The molecule has 9 heteroatoms. The van der Waals surface area contributed by atoms with Crippen LogP contribution in [0.2, 0.25) is 0 Å². The van der Waals surface area contributed by atoms with Gasteiger partial charge in [0.1, 0.15) is 20.2 Å². The third-order valence-electron chi connectivity index (χ3n) is 14.1. The van der Waals surface area contributed by atoms with Crippen molar-refractivity contribution in [3.05, 3.63) is 82.9 Å². The fourth-order valence-corrected chi connectivity index (χ4v) is 12.0. The SMILES string of the molecule is CCCCCCCCCCc1ccc2c(CCCCCCCCCC)cccc2c1S(=O)(=O)[O-].CCCCCCCCCCc1ccc2c(CCCCCCCCCC)cccc2c1S(=O)(=O)[O-].[Ca+2]. The summed E-state index contributed by atoms with van der Waals surface area (Å²) < 4.78 is 73.6. The van der Waals surface area contributed by atoms with Crippen molar-refractivity contribution in [1.29, 1.82) is 0 Å². The molecule has 4 aromatic rings. The van der Waals surface area contributed by atoms with Gasteiger partial charge in [-0.1, -0.05) is 268 Å². The minimum Gasteiger partial charge on any atom is -0.744 e. The van der Waals surface area contributed by atoms with E-state index in [-0.39, 0.29) is 47.5 Å². The van der Waals surface area contributed by atoms with Crippen LogP contribution in [0.1, 0.15) is 255 Å². The number of rotatable bonds is 38. The molecule has 0 heterocycles. The van der Waals surface area contributed by atoms with Crippen molar-refractivity contribution >= 4 is 79.5 Å². The first-order chi connectivity index (χ1) is 33.0. The summed E-state index contributed by atoms with van der Waals surface area (Å²) in [6, 6.07) is 19.5. The molecule has 0 N–H and O–H groups in total. The maximum atomic E-state index is 12.3. The molecule has 384 valence electrons. The van der Waals surface area contributed by atoms with Crippen LogP contribution in [0.25, 0.3) is 21.5 Å². The maximum absolute atomic E-state index is 12.3. The van der Waals surface area contributed by atoms with Crippen LogP contribution in [0.3, 0.4) is 0 Å². The van der Waals surface area contributed by atoms with Gasteiger partial charge in [-0.3, -0.25) is 0 Å². The Labute approximate surface area is 453 Å². The molecule has 0 aliphatic rings. The van der Waals surface area contributed by atoms with E-state index in [4.69, 9.17) is 0 Å². The van der Waals surface area contributed by atoms with E-state index in [1.165, 1.54) is 167 Å². The van der Waals surface area contributed by atoms with Gasteiger partial charge in [0.05, 0.1) is 9.79 Å². The molecule has 0 unspecified atom stereocenters. The molecule has 0 aromatic heterocycles. The zero-order chi connectivity index (χ0) is 49.3. The van der Waals surface area contributed by atoms with E-state index in [0.29, 0.717) is 34.7 Å². The first-order valence-corrected chi connectivity index (χ1v) is 30.8. The van der Waals surface area contributed by atoms with Gasteiger partial charge in [0.2, 0.25) is 0 Å². The molecule has 0 aliphatic heterocycles. The summed E-state index contributed by atoms with van der Waals surface area (Å²) in [5.74, 6) is 0. The topological polar surface area (TPSA) is 114 Å². The second-order valence-corrected chi connectivity index (χ2v) is 22.6. The van der Waals surface area contributed by atoms with E-state index >= 15 is 0 Å². The minimum atomic E-state index is -4.52. The van der Waals surface area contributed by atoms with Crippen molar-refractivity contribution in [3.63, 3.8) is 0 Å². The quantitative estimate of drug-likeness (QED) is 0.0251. The van der Waals surface area contributed by atoms with E-state index in [2.05, 4.69) is 39.8 Å². The molecule has 0 spiro atoms. The smallest absolute Gasteiger partial charge is 0.744 e. The molecule has 0 fully saturated rings. The number of fused-ring (bicyclic) bond motifs is 2. The van der Waals surface area contributed by atoms with Crippen molar-refractivity contribution in [2.45, 2.75) is 269 Å². The Morgan fingerprint density at radius 3 is 0.768 bits per heavy atom. The maximum Gasteiger partial charge on any atom is 2.00 e. The van der Waals surface area contributed by atoms with Gasteiger partial charge in [-0.25, -0.2) is 16.8 Å². The van der Waals surface area contributed by atoms with Gasteiger partial charge in [0.25, 0.3) is 0 Å². The number of hydrogen-bond donors (Lipinski definition) is 0. The summed E-state index contributed by atoms with van der Waals surface area (Å²) in [5, 5.41) is 3.09. The van der Waals surface area contributed by atoms with Crippen LogP contribution in [0, 0.1) is 0 Å². The Hall–Kier alpha value is -1.52. The van der Waals surface area contributed by atoms with Crippen LogP contribution < -0.4 is 0 Å². The second-order valence-electron chi connectivity index (χ2n) is 19.9. The number of aryl methyl sites for hydroxylation is 4. The third kappa shape index (κ3) is 25.3. The molecule has 6 nitrogen and oxygen atoms in total. The Morgan fingerprint density at radius 1 is 0.290 bits per heavy atom. The molecule has 0 radical (unpaired) electrons. The molecule has 0 aliphatic carbocycles. The summed E-state index contributed by atoms with van der Waals surface area (Å²) in [6.45, 7) is 8.94. The molecular weight excluding hydrogens is 921 g/mol. The summed E-state index contributed by atoms with van der Waals surface area (Å²) >= 11 is 0. The van der Waals surface area contributed by atoms with Crippen LogP contribution in [-0.4, -0.2) is 63.7 Å². The molecule has 4 rings (SSSR count). The zero-order valence-corrected chi connectivity index (χ0v) is 48.0. The normalized spacial score (nSPS) is 11.8. The Balaban J connectivity index is 0.000000467. The standard InChI is InChI=1S/2C30H48O3S.Ca/c2*1-3-5-7-9-11-13-15-17-20-26-22-19-23-29-28(26)25-24-27(30(29)34(31,32)33)21-18-16-14-12-10-8-6-4-2;/h2*19,22-25H,3-18,20-21H2,1-2H3,(H,31,32,33);/q;;+2/p-2. The zero-order valence-electron chi connectivity index (χ0n) is 44.2. The summed E-state index contributed by atoms with van der Waals surface area (Å²) in [7, 11) is -9.05. The molecule has 0 bridgehead atoms. The third-order valence-corrected chi connectivity index (χ3v) is 16.0. The van der Waals surface area contributed by atoms with E-state index in [0.717, 1.165) is 73.3 Å². The van der Waals surface area contributed by atoms with Gasteiger partial charge in [-0.05, 0) is 95.2 Å². The molecule has 0 atom stereocenters. The van der Waals surface area contributed by atoms with Crippen LogP contribution >= 0.6 is 0 Å². The van der Waals surface area contributed by atoms with Gasteiger partial charge < -0.3 is 9.11 Å². The fraction of sp³-hybridized carbons (Fsp3) is 0.667. The number of unbranched alkanes of at least 4 members (excludes halogenated alkanes) is 28. The van der Waals surface area contributed by atoms with E-state index in [1.54, 1.807) is 0 Å². The monoisotopic (exact) mass is 1010 g/mol. The first kappa shape index (κ1) is 63.6. The van der Waals surface area contributed by atoms with Crippen LogP contribution in [0.5, 0.6) is 0 Å². The van der Waals surface area contributed by atoms with E-state index in [9.17, 15) is 25.9 Å². The van der Waals surface area contributed by atoms with Gasteiger partial charge in [-0.15, -0.1) is 0 Å². The molecule has 69 heavy (non-hydrogen) atoms. The number of benzene rings is 4. The number of hydrogen-bond acceptors (Lipinski definition) is 6. The van der Waals surface area contributed by atoms with Gasteiger partial charge in [-0.2, -0.15) is 0 Å².